The summed E-state index contributed by atoms with van der Waals surface area (Å²) in [4.78, 5) is 35.8. The maximum atomic E-state index is 12.9. The number of aromatic carboxylic acids is 1. The second kappa shape index (κ2) is 10.5. The number of carboxylic acid groups (broad SMARTS) is 1. The number of amides is 2. The highest BCUT2D eigenvalue weighted by molar-refractivity contribution is 5.91. The fourth-order valence-corrected chi connectivity index (χ4v) is 2.99. The molecule has 156 valence electrons. The monoisotopic (exact) mass is 415 g/mol. The van der Waals surface area contributed by atoms with Crippen molar-refractivity contribution in [1.29, 1.82) is 0 Å². The molecule has 7 heteroatoms. The predicted octanol–water partition coefficient (Wildman–Crippen LogP) is 2.78. The smallest absolute Gasteiger partial charge is 0.335 e. The molecule has 0 aliphatic carbocycles. The third kappa shape index (κ3) is 6.11. The van der Waals surface area contributed by atoms with Gasteiger partial charge in [-0.15, -0.1) is 0 Å². The van der Waals surface area contributed by atoms with Gasteiger partial charge in [-0.25, -0.2) is 10.2 Å². The van der Waals surface area contributed by atoms with Crippen LogP contribution >= 0.6 is 0 Å². The molecule has 0 aliphatic rings. The maximum absolute atomic E-state index is 12.9. The number of hydrogen-bond donors (Lipinski definition) is 3. The molecule has 0 spiro atoms. The van der Waals surface area contributed by atoms with Gasteiger partial charge in [0.2, 0.25) is 5.91 Å². The number of nitrogens with zero attached hydrogens (tertiary/aromatic N) is 1. The van der Waals surface area contributed by atoms with Crippen molar-refractivity contribution in [1.82, 2.24) is 10.7 Å². The summed E-state index contributed by atoms with van der Waals surface area (Å²) in [5.74, 6) is -2.32. The van der Waals surface area contributed by atoms with Gasteiger partial charge in [-0.05, 0) is 28.8 Å². The van der Waals surface area contributed by atoms with E-state index in [1.54, 1.807) is 12.1 Å². The van der Waals surface area contributed by atoms with E-state index in [-0.39, 0.29) is 18.0 Å². The average molecular weight is 415 g/mol. The molecule has 0 atom stereocenters. The summed E-state index contributed by atoms with van der Waals surface area (Å²) in [6.07, 6.45) is 1.39. The highest BCUT2D eigenvalue weighted by Gasteiger charge is 2.22. The lowest BCUT2D eigenvalue weighted by molar-refractivity contribution is -0.126. The summed E-state index contributed by atoms with van der Waals surface area (Å²) >= 11 is 0. The molecule has 0 aliphatic heterocycles. The Kier molecular flexibility index (Phi) is 7.26. The lowest BCUT2D eigenvalue weighted by Gasteiger charge is -2.17. The molecule has 3 N–H and O–H groups in total. The largest absolute Gasteiger partial charge is 0.478 e. The normalized spacial score (nSPS) is 10.7. The van der Waals surface area contributed by atoms with Crippen molar-refractivity contribution < 1.29 is 19.5 Å². The van der Waals surface area contributed by atoms with E-state index in [0.29, 0.717) is 5.56 Å². The average Bonchev–Trinajstić information content (AvgIpc) is 2.80. The standard InChI is InChI=1S/C24H21N3O4/c28-21(27-26-15-17-11-13-20(14-12-17)24(30)31)16-25-23(29)22(18-7-3-1-4-8-18)19-9-5-2-6-10-19/h1-15,22H,16H2,(H,25,29)(H,27,28)(H,30,31). The van der Waals surface area contributed by atoms with Gasteiger partial charge in [0.1, 0.15) is 0 Å². The number of carbonyl (C=O) groups excluding carboxylic acids is 2. The van der Waals surface area contributed by atoms with Gasteiger partial charge >= 0.3 is 5.97 Å². The zero-order chi connectivity index (χ0) is 22.1. The SMILES string of the molecule is O=C(CNC(=O)C(c1ccccc1)c1ccccc1)NN=Cc1ccc(C(=O)O)cc1. The first kappa shape index (κ1) is 21.4. The summed E-state index contributed by atoms with van der Waals surface area (Å²) in [6.45, 7) is -0.232. The van der Waals surface area contributed by atoms with Gasteiger partial charge in [0.15, 0.2) is 0 Å². The van der Waals surface area contributed by atoms with Gasteiger partial charge in [0.05, 0.1) is 24.2 Å². The fraction of sp³-hybridized carbons (Fsp3) is 0.0833. The first-order valence-electron chi connectivity index (χ1n) is 9.57. The van der Waals surface area contributed by atoms with Gasteiger partial charge in [0.25, 0.3) is 5.91 Å². The number of carboxylic acids is 1. The summed E-state index contributed by atoms with van der Waals surface area (Å²) in [6, 6.07) is 24.7. The van der Waals surface area contributed by atoms with E-state index >= 15 is 0 Å². The van der Waals surface area contributed by atoms with Gasteiger partial charge < -0.3 is 10.4 Å². The molecule has 0 saturated heterocycles. The third-order valence-electron chi connectivity index (χ3n) is 4.51. The zero-order valence-corrected chi connectivity index (χ0v) is 16.6. The van der Waals surface area contributed by atoms with Crippen molar-refractivity contribution in [3.05, 3.63) is 107 Å². The van der Waals surface area contributed by atoms with Crippen molar-refractivity contribution in [2.75, 3.05) is 6.54 Å². The van der Waals surface area contributed by atoms with Crippen molar-refractivity contribution in [2.24, 2.45) is 5.10 Å². The Hall–Kier alpha value is -4.26. The number of nitrogens with one attached hydrogen (secondary N) is 2. The Balaban J connectivity index is 1.58. The molecular weight excluding hydrogens is 394 g/mol. The molecule has 0 fully saturated rings. The molecule has 0 saturated carbocycles. The number of carbonyl (C=O) groups is 3. The Morgan fingerprint density at radius 2 is 1.39 bits per heavy atom. The minimum Gasteiger partial charge on any atom is -0.478 e. The molecule has 3 aromatic rings. The van der Waals surface area contributed by atoms with Crippen LogP contribution in [0, 0.1) is 0 Å². The minimum atomic E-state index is -1.02. The Labute approximate surface area is 179 Å². The molecule has 3 rings (SSSR count). The lowest BCUT2D eigenvalue weighted by atomic mass is 9.90. The van der Waals surface area contributed by atoms with Crippen LogP contribution in [0.2, 0.25) is 0 Å². The quantitative estimate of drug-likeness (QED) is 0.388. The third-order valence-corrected chi connectivity index (χ3v) is 4.51. The minimum absolute atomic E-state index is 0.162. The molecule has 0 radical (unpaired) electrons. The van der Waals surface area contributed by atoms with Gasteiger partial charge in [-0.1, -0.05) is 72.8 Å². The Morgan fingerprint density at radius 1 is 0.839 bits per heavy atom. The predicted molar refractivity (Wildman–Crippen MR) is 117 cm³/mol. The zero-order valence-electron chi connectivity index (χ0n) is 16.6. The van der Waals surface area contributed by atoms with E-state index in [1.807, 2.05) is 60.7 Å². The van der Waals surface area contributed by atoms with Gasteiger partial charge in [0, 0.05) is 0 Å². The Bertz CT molecular complexity index is 1030. The van der Waals surface area contributed by atoms with E-state index in [4.69, 9.17) is 5.11 Å². The number of hydrazone groups is 1. The van der Waals surface area contributed by atoms with Crippen molar-refractivity contribution in [2.45, 2.75) is 5.92 Å². The van der Waals surface area contributed by atoms with Crippen LogP contribution in [0.5, 0.6) is 0 Å². The van der Waals surface area contributed by atoms with E-state index < -0.39 is 17.8 Å². The molecule has 0 unspecified atom stereocenters. The molecule has 0 bridgehead atoms. The maximum Gasteiger partial charge on any atom is 0.335 e. The number of rotatable bonds is 8. The van der Waals surface area contributed by atoms with E-state index in [2.05, 4.69) is 15.8 Å². The first-order chi connectivity index (χ1) is 15.0. The lowest BCUT2D eigenvalue weighted by Crippen LogP contribution is -2.37. The molecule has 7 nitrogen and oxygen atoms in total. The van der Waals surface area contributed by atoms with Crippen LogP contribution < -0.4 is 10.7 Å². The van der Waals surface area contributed by atoms with Crippen LogP contribution in [0.1, 0.15) is 33.0 Å². The van der Waals surface area contributed by atoms with Gasteiger partial charge in [-0.2, -0.15) is 5.10 Å². The first-order valence-corrected chi connectivity index (χ1v) is 9.57. The van der Waals surface area contributed by atoms with Crippen LogP contribution in [0.4, 0.5) is 0 Å². The highest BCUT2D eigenvalue weighted by Crippen LogP contribution is 2.24. The van der Waals surface area contributed by atoms with E-state index in [9.17, 15) is 14.4 Å². The van der Waals surface area contributed by atoms with Crippen molar-refractivity contribution >= 4 is 24.0 Å². The molecule has 31 heavy (non-hydrogen) atoms. The Morgan fingerprint density at radius 3 is 1.90 bits per heavy atom. The molecule has 2 amide bonds. The number of benzene rings is 3. The van der Waals surface area contributed by atoms with Crippen LogP contribution in [0.3, 0.4) is 0 Å². The van der Waals surface area contributed by atoms with E-state index in [1.165, 1.54) is 18.3 Å². The summed E-state index contributed by atoms with van der Waals surface area (Å²) in [5, 5.41) is 15.4. The van der Waals surface area contributed by atoms with Crippen LogP contribution in [0.25, 0.3) is 0 Å². The summed E-state index contributed by atoms with van der Waals surface area (Å²) in [7, 11) is 0. The second-order valence-corrected chi connectivity index (χ2v) is 6.69. The molecule has 0 heterocycles. The van der Waals surface area contributed by atoms with Crippen LogP contribution in [0.15, 0.2) is 90.0 Å². The second-order valence-electron chi connectivity index (χ2n) is 6.69. The van der Waals surface area contributed by atoms with E-state index in [0.717, 1.165) is 11.1 Å². The molecule has 3 aromatic carbocycles. The van der Waals surface area contributed by atoms with Crippen molar-refractivity contribution in [3.8, 4) is 0 Å². The molecular formula is C24H21N3O4. The fourth-order valence-electron chi connectivity index (χ4n) is 2.99. The van der Waals surface area contributed by atoms with Crippen molar-refractivity contribution in [3.63, 3.8) is 0 Å². The van der Waals surface area contributed by atoms with Crippen LogP contribution in [-0.4, -0.2) is 35.6 Å². The number of hydrogen-bond acceptors (Lipinski definition) is 4. The highest BCUT2D eigenvalue weighted by atomic mass is 16.4. The van der Waals surface area contributed by atoms with Crippen LogP contribution in [-0.2, 0) is 9.59 Å². The molecule has 0 aromatic heterocycles. The topological polar surface area (TPSA) is 108 Å². The van der Waals surface area contributed by atoms with Gasteiger partial charge in [-0.3, -0.25) is 9.59 Å². The summed E-state index contributed by atoms with van der Waals surface area (Å²) < 4.78 is 0. The summed E-state index contributed by atoms with van der Waals surface area (Å²) in [5.41, 5.74) is 4.79.